The van der Waals surface area contributed by atoms with Crippen molar-refractivity contribution >= 4 is 5.78 Å². The van der Waals surface area contributed by atoms with Crippen LogP contribution in [0.15, 0.2) is 0 Å². The van der Waals surface area contributed by atoms with Gasteiger partial charge in [-0.15, -0.1) is 0 Å². The van der Waals surface area contributed by atoms with Gasteiger partial charge in [-0.25, -0.2) is 0 Å². The first-order chi connectivity index (χ1) is 5.18. The molecule has 0 N–H and O–H groups in total. The van der Waals surface area contributed by atoms with Gasteiger partial charge in [-0.05, 0) is 13.3 Å². The van der Waals surface area contributed by atoms with E-state index in [1.165, 1.54) is 0 Å². The van der Waals surface area contributed by atoms with E-state index >= 15 is 0 Å². The molecule has 0 aliphatic rings. The average Bonchev–Trinajstić information content (AvgIpc) is 2.01. The first-order valence-electron chi connectivity index (χ1n) is 4.05. The number of carbonyl (C=O) groups is 1. The molecule has 0 amide bonds. The molecule has 0 atom stereocenters. The summed E-state index contributed by atoms with van der Waals surface area (Å²) in [7, 11) is 0. The van der Waals surface area contributed by atoms with Gasteiger partial charge in [0.2, 0.25) is 0 Å². The normalized spacial score (nSPS) is 7.45. The smallest absolute Gasteiger partial charge is 0.129 e. The number of unbranched alkanes of at least 4 members (excludes halogenated alkanes) is 1. The SMILES string of the molecule is CCC#N.CCCCC(C)=O. The number of carbonyl (C=O) groups excluding carboxylic acids is 1. The topological polar surface area (TPSA) is 40.9 Å². The lowest BCUT2D eigenvalue weighted by molar-refractivity contribution is -0.117. The number of hydrogen-bond acceptors (Lipinski definition) is 2. The Hall–Kier alpha value is -0.840. The quantitative estimate of drug-likeness (QED) is 0.628. The molecule has 0 aromatic carbocycles. The third kappa shape index (κ3) is 27.1. The number of hydrogen-bond donors (Lipinski definition) is 0. The molecule has 0 aromatic rings. The molecule has 0 unspecified atom stereocenters. The summed E-state index contributed by atoms with van der Waals surface area (Å²) < 4.78 is 0. The van der Waals surface area contributed by atoms with Crippen molar-refractivity contribution in [3.8, 4) is 6.07 Å². The van der Waals surface area contributed by atoms with Gasteiger partial charge in [0.15, 0.2) is 0 Å². The number of Topliss-reactive ketones (excluding diaryl/α,β-unsaturated/α-hetero) is 1. The zero-order chi connectivity index (χ0) is 9.11. The van der Waals surface area contributed by atoms with Crippen molar-refractivity contribution in [1.29, 1.82) is 5.26 Å². The summed E-state index contributed by atoms with van der Waals surface area (Å²) in [4.78, 5) is 10.2. The zero-order valence-corrected chi connectivity index (χ0v) is 7.68. The van der Waals surface area contributed by atoms with E-state index in [0.717, 1.165) is 19.3 Å². The third-order valence-corrected chi connectivity index (χ3v) is 1.04. The maximum atomic E-state index is 10.2. The van der Waals surface area contributed by atoms with Crippen LogP contribution in [-0.2, 0) is 4.79 Å². The van der Waals surface area contributed by atoms with Crippen LogP contribution < -0.4 is 0 Å². The van der Waals surface area contributed by atoms with Gasteiger partial charge >= 0.3 is 0 Å². The second kappa shape index (κ2) is 11.9. The summed E-state index contributed by atoms with van der Waals surface area (Å²) >= 11 is 0. The van der Waals surface area contributed by atoms with Crippen molar-refractivity contribution < 1.29 is 4.79 Å². The Bertz CT molecular complexity index is 124. The molecule has 0 aliphatic carbocycles. The van der Waals surface area contributed by atoms with Crippen molar-refractivity contribution in [3.05, 3.63) is 0 Å². The summed E-state index contributed by atoms with van der Waals surface area (Å²) in [6, 6.07) is 1.93. The van der Waals surface area contributed by atoms with Crippen LogP contribution in [0.25, 0.3) is 0 Å². The first kappa shape index (κ1) is 12.8. The van der Waals surface area contributed by atoms with Gasteiger partial charge < -0.3 is 4.79 Å². The molecule has 2 heteroatoms. The van der Waals surface area contributed by atoms with Crippen LogP contribution in [0, 0.1) is 11.3 Å². The molecular weight excluding hydrogens is 138 g/mol. The average molecular weight is 155 g/mol. The number of rotatable bonds is 3. The van der Waals surface area contributed by atoms with Crippen LogP contribution in [0.2, 0.25) is 0 Å². The fourth-order valence-corrected chi connectivity index (χ4v) is 0.426. The lowest BCUT2D eigenvalue weighted by Crippen LogP contribution is -1.86. The van der Waals surface area contributed by atoms with E-state index in [9.17, 15) is 4.79 Å². The molecule has 2 nitrogen and oxygen atoms in total. The van der Waals surface area contributed by atoms with Crippen LogP contribution in [-0.4, -0.2) is 5.78 Å². The predicted molar refractivity (Wildman–Crippen MR) is 46.1 cm³/mol. The fourth-order valence-electron chi connectivity index (χ4n) is 0.426. The van der Waals surface area contributed by atoms with E-state index in [4.69, 9.17) is 5.26 Å². The Kier molecular flexibility index (Phi) is 13.8. The molecule has 0 fully saturated rings. The minimum absolute atomic E-state index is 0.307. The van der Waals surface area contributed by atoms with Crippen molar-refractivity contribution in [3.63, 3.8) is 0 Å². The van der Waals surface area contributed by atoms with Crippen molar-refractivity contribution in [2.45, 2.75) is 46.5 Å². The minimum atomic E-state index is 0.307. The summed E-state index contributed by atoms with van der Waals surface area (Å²) in [5, 5.41) is 7.62. The van der Waals surface area contributed by atoms with Crippen molar-refractivity contribution in [2.24, 2.45) is 0 Å². The Balaban J connectivity index is 0. The molecule has 64 valence electrons. The Labute approximate surface area is 69.2 Å². The van der Waals surface area contributed by atoms with E-state index in [-0.39, 0.29) is 0 Å². The molecule has 0 heterocycles. The molecule has 11 heavy (non-hydrogen) atoms. The lowest BCUT2D eigenvalue weighted by Gasteiger charge is -1.86. The van der Waals surface area contributed by atoms with Crippen LogP contribution >= 0.6 is 0 Å². The van der Waals surface area contributed by atoms with Crippen LogP contribution in [0.4, 0.5) is 0 Å². The Morgan fingerprint density at radius 1 is 1.45 bits per heavy atom. The van der Waals surface area contributed by atoms with E-state index in [1.54, 1.807) is 6.92 Å². The van der Waals surface area contributed by atoms with Gasteiger partial charge in [0, 0.05) is 12.8 Å². The molecule has 0 aromatic heterocycles. The molecule has 0 aliphatic heterocycles. The standard InChI is InChI=1S/C6H12O.C3H5N/c1-3-4-5-6(2)7;1-2-3-4/h3-5H2,1-2H3;2H2,1H3. The van der Waals surface area contributed by atoms with Crippen molar-refractivity contribution in [1.82, 2.24) is 0 Å². The second-order valence-corrected chi connectivity index (χ2v) is 2.32. The number of ketones is 1. The van der Waals surface area contributed by atoms with E-state index in [1.807, 2.05) is 13.0 Å². The molecule has 0 spiro atoms. The largest absolute Gasteiger partial charge is 0.300 e. The molecule has 0 bridgehead atoms. The summed E-state index contributed by atoms with van der Waals surface area (Å²) in [5.41, 5.74) is 0. The van der Waals surface area contributed by atoms with E-state index < -0.39 is 0 Å². The maximum Gasteiger partial charge on any atom is 0.129 e. The minimum Gasteiger partial charge on any atom is -0.300 e. The number of nitrogens with zero attached hydrogens (tertiary/aromatic N) is 1. The summed E-state index contributed by atoms with van der Waals surface area (Å²) in [6.07, 6.45) is 3.56. The van der Waals surface area contributed by atoms with Crippen molar-refractivity contribution in [2.75, 3.05) is 0 Å². The van der Waals surface area contributed by atoms with E-state index in [2.05, 4.69) is 6.92 Å². The number of nitriles is 1. The molecule has 0 saturated heterocycles. The molecule has 0 radical (unpaired) electrons. The van der Waals surface area contributed by atoms with Crippen LogP contribution in [0.3, 0.4) is 0 Å². The highest BCUT2D eigenvalue weighted by atomic mass is 16.1. The second-order valence-electron chi connectivity index (χ2n) is 2.32. The fraction of sp³-hybridized carbons (Fsp3) is 0.778. The maximum absolute atomic E-state index is 10.2. The third-order valence-electron chi connectivity index (χ3n) is 1.04. The van der Waals surface area contributed by atoms with Gasteiger partial charge in [-0.3, -0.25) is 0 Å². The summed E-state index contributed by atoms with van der Waals surface area (Å²) in [6.45, 7) is 5.54. The van der Waals surface area contributed by atoms with Gasteiger partial charge in [-0.2, -0.15) is 5.26 Å². The van der Waals surface area contributed by atoms with Gasteiger partial charge in [0.25, 0.3) is 0 Å². The highest BCUT2D eigenvalue weighted by Crippen LogP contribution is 1.92. The Morgan fingerprint density at radius 2 is 1.91 bits per heavy atom. The van der Waals surface area contributed by atoms with Crippen LogP contribution in [0.5, 0.6) is 0 Å². The molecule has 0 rings (SSSR count). The Morgan fingerprint density at radius 3 is 2.00 bits per heavy atom. The monoisotopic (exact) mass is 155 g/mol. The van der Waals surface area contributed by atoms with E-state index in [0.29, 0.717) is 12.2 Å². The highest BCUT2D eigenvalue weighted by molar-refractivity contribution is 5.75. The highest BCUT2D eigenvalue weighted by Gasteiger charge is 1.87. The zero-order valence-electron chi connectivity index (χ0n) is 7.68. The van der Waals surface area contributed by atoms with Gasteiger partial charge in [0.1, 0.15) is 5.78 Å². The molecular formula is C9H17NO. The summed E-state index contributed by atoms with van der Waals surface area (Å²) in [5.74, 6) is 0.307. The lowest BCUT2D eigenvalue weighted by atomic mass is 10.2. The van der Waals surface area contributed by atoms with Crippen LogP contribution in [0.1, 0.15) is 46.5 Å². The predicted octanol–water partition coefficient (Wildman–Crippen LogP) is 2.69. The first-order valence-corrected chi connectivity index (χ1v) is 4.05. The molecule has 0 saturated carbocycles. The van der Waals surface area contributed by atoms with Gasteiger partial charge in [0.05, 0.1) is 6.07 Å². The van der Waals surface area contributed by atoms with Gasteiger partial charge in [-0.1, -0.05) is 20.3 Å².